The predicted molar refractivity (Wildman–Crippen MR) is 119 cm³/mol. The summed E-state index contributed by atoms with van der Waals surface area (Å²) in [5.74, 6) is 0. The molecule has 0 spiro atoms. The molecule has 30 heavy (non-hydrogen) atoms. The van der Waals surface area contributed by atoms with E-state index in [4.69, 9.17) is 17.3 Å². The minimum atomic E-state index is -0.358. The van der Waals surface area contributed by atoms with Crippen LogP contribution in [0.25, 0.3) is 11.3 Å². The average molecular weight is 417 g/mol. The van der Waals surface area contributed by atoms with Crippen molar-refractivity contribution < 1.29 is 0 Å². The quantitative estimate of drug-likeness (QED) is 0.397. The van der Waals surface area contributed by atoms with Crippen molar-refractivity contribution in [3.05, 3.63) is 98.3 Å². The van der Waals surface area contributed by atoms with E-state index in [0.29, 0.717) is 12.2 Å². The molecule has 0 fully saturated rings. The monoisotopic (exact) mass is 416 g/mol. The number of aromatic amines is 1. The topological polar surface area (TPSA) is 80.9 Å². The van der Waals surface area contributed by atoms with Crippen LogP contribution in [0, 0.1) is 18.6 Å². The van der Waals surface area contributed by atoms with Crippen LogP contribution >= 0.6 is 12.2 Å². The van der Waals surface area contributed by atoms with Crippen LogP contribution in [0.3, 0.4) is 0 Å². The molecule has 0 saturated carbocycles. The standard InChI is InChI=1S/C22H20N6OS/c1-15-7-6-10-18(11-15)20-19(12-23-28-21(29)16(2)24-25-22(28)30)14-27(26-20)13-17-8-4-3-5-9-17/h3-12,14H,13H2,1-2H3,(H,25,30)/b23-12-. The number of aryl methyl sites for hydroxylation is 2. The van der Waals surface area contributed by atoms with Crippen molar-refractivity contribution in [2.24, 2.45) is 5.10 Å². The van der Waals surface area contributed by atoms with Gasteiger partial charge in [-0.2, -0.15) is 20.0 Å². The second-order valence-electron chi connectivity index (χ2n) is 6.96. The summed E-state index contributed by atoms with van der Waals surface area (Å²) in [6, 6.07) is 18.2. The van der Waals surface area contributed by atoms with Crippen molar-refractivity contribution in [1.82, 2.24) is 24.7 Å². The van der Waals surface area contributed by atoms with Crippen LogP contribution in [-0.2, 0) is 6.54 Å². The van der Waals surface area contributed by atoms with Crippen molar-refractivity contribution in [3.63, 3.8) is 0 Å². The van der Waals surface area contributed by atoms with Gasteiger partial charge >= 0.3 is 0 Å². The van der Waals surface area contributed by atoms with Crippen LogP contribution in [-0.4, -0.2) is 30.9 Å². The lowest BCUT2D eigenvalue weighted by Gasteiger charge is -2.02. The Morgan fingerprint density at radius 1 is 1.13 bits per heavy atom. The summed E-state index contributed by atoms with van der Waals surface area (Å²) in [7, 11) is 0. The molecule has 0 aliphatic rings. The zero-order valence-corrected chi connectivity index (χ0v) is 17.4. The zero-order chi connectivity index (χ0) is 21.1. The van der Waals surface area contributed by atoms with E-state index >= 15 is 0 Å². The molecule has 8 heteroatoms. The van der Waals surface area contributed by atoms with Gasteiger partial charge in [0.2, 0.25) is 4.77 Å². The van der Waals surface area contributed by atoms with E-state index in [2.05, 4.69) is 33.5 Å². The molecular formula is C22H20N6OS. The van der Waals surface area contributed by atoms with E-state index < -0.39 is 0 Å². The molecule has 1 N–H and O–H groups in total. The van der Waals surface area contributed by atoms with Gasteiger partial charge in [-0.05, 0) is 37.7 Å². The van der Waals surface area contributed by atoms with Gasteiger partial charge in [0.1, 0.15) is 11.4 Å². The lowest BCUT2D eigenvalue weighted by Crippen LogP contribution is -2.22. The van der Waals surface area contributed by atoms with Gasteiger partial charge in [-0.15, -0.1) is 0 Å². The smallest absolute Gasteiger partial charge is 0.267 e. The number of H-pyrrole nitrogens is 1. The van der Waals surface area contributed by atoms with Gasteiger partial charge in [0.25, 0.3) is 5.56 Å². The van der Waals surface area contributed by atoms with Gasteiger partial charge in [-0.25, -0.2) is 0 Å². The maximum absolute atomic E-state index is 12.3. The molecule has 150 valence electrons. The van der Waals surface area contributed by atoms with E-state index in [1.165, 1.54) is 0 Å². The van der Waals surface area contributed by atoms with E-state index in [0.717, 1.165) is 32.6 Å². The number of nitrogens with zero attached hydrogens (tertiary/aromatic N) is 5. The summed E-state index contributed by atoms with van der Waals surface area (Å²) < 4.78 is 3.14. The highest BCUT2D eigenvalue weighted by atomic mass is 32.1. The number of hydrogen-bond acceptors (Lipinski definition) is 5. The molecule has 2 aromatic heterocycles. The Morgan fingerprint density at radius 3 is 2.70 bits per heavy atom. The Kier molecular flexibility index (Phi) is 5.49. The fourth-order valence-corrected chi connectivity index (χ4v) is 3.27. The Labute approximate surface area is 178 Å². The van der Waals surface area contributed by atoms with Crippen LogP contribution in [0.4, 0.5) is 0 Å². The third-order valence-electron chi connectivity index (χ3n) is 4.59. The van der Waals surface area contributed by atoms with Gasteiger partial charge in [0.05, 0.1) is 12.8 Å². The van der Waals surface area contributed by atoms with Crippen LogP contribution in [0.2, 0.25) is 0 Å². The normalized spacial score (nSPS) is 11.3. The molecule has 0 aliphatic heterocycles. The van der Waals surface area contributed by atoms with Crippen LogP contribution < -0.4 is 5.56 Å². The first kappa shape index (κ1) is 19.7. The third-order valence-corrected chi connectivity index (χ3v) is 4.86. The molecule has 4 aromatic rings. The third kappa shape index (κ3) is 4.18. The van der Waals surface area contributed by atoms with Gasteiger partial charge in [0.15, 0.2) is 0 Å². The fourth-order valence-electron chi connectivity index (χ4n) is 3.10. The number of hydrogen-bond donors (Lipinski definition) is 1. The molecule has 0 unspecified atom stereocenters. The van der Waals surface area contributed by atoms with Crippen molar-refractivity contribution in [1.29, 1.82) is 0 Å². The molecule has 4 rings (SSSR count). The van der Waals surface area contributed by atoms with Crippen molar-refractivity contribution in [3.8, 4) is 11.3 Å². The first-order chi connectivity index (χ1) is 14.5. The van der Waals surface area contributed by atoms with Crippen molar-refractivity contribution in [2.45, 2.75) is 20.4 Å². The number of nitrogens with one attached hydrogen (secondary N) is 1. The van der Waals surface area contributed by atoms with Crippen LogP contribution in [0.15, 0.2) is 70.7 Å². The van der Waals surface area contributed by atoms with E-state index in [-0.39, 0.29) is 10.3 Å². The molecule has 7 nitrogen and oxygen atoms in total. The summed E-state index contributed by atoms with van der Waals surface area (Å²) >= 11 is 5.16. The maximum atomic E-state index is 12.3. The molecule has 0 aliphatic carbocycles. The summed E-state index contributed by atoms with van der Waals surface area (Å²) in [5.41, 5.74) is 4.76. The highest BCUT2D eigenvalue weighted by Gasteiger charge is 2.11. The summed E-state index contributed by atoms with van der Waals surface area (Å²) in [6.07, 6.45) is 3.52. The minimum Gasteiger partial charge on any atom is -0.267 e. The number of rotatable bonds is 5. The Bertz CT molecular complexity index is 1330. The predicted octanol–water partition coefficient (Wildman–Crippen LogP) is 3.71. The van der Waals surface area contributed by atoms with Gasteiger partial charge < -0.3 is 0 Å². The van der Waals surface area contributed by atoms with Crippen molar-refractivity contribution >= 4 is 18.4 Å². The molecule has 2 aromatic carbocycles. The number of benzene rings is 2. The van der Waals surface area contributed by atoms with Crippen LogP contribution in [0.5, 0.6) is 0 Å². The number of aromatic nitrogens is 5. The highest BCUT2D eigenvalue weighted by Crippen LogP contribution is 2.22. The Morgan fingerprint density at radius 2 is 1.93 bits per heavy atom. The minimum absolute atomic E-state index is 0.135. The maximum Gasteiger partial charge on any atom is 0.296 e. The first-order valence-corrected chi connectivity index (χ1v) is 9.83. The second kappa shape index (κ2) is 8.38. The van der Waals surface area contributed by atoms with Gasteiger partial charge in [-0.1, -0.05) is 54.1 Å². The zero-order valence-electron chi connectivity index (χ0n) is 16.6. The Hall–Kier alpha value is -3.65. The average Bonchev–Trinajstić information content (AvgIpc) is 3.14. The largest absolute Gasteiger partial charge is 0.296 e. The molecule has 0 atom stereocenters. The summed E-state index contributed by atoms with van der Waals surface area (Å²) in [4.78, 5) is 12.3. The lowest BCUT2D eigenvalue weighted by molar-refractivity contribution is 0.689. The summed E-state index contributed by atoms with van der Waals surface area (Å²) in [6.45, 7) is 4.27. The van der Waals surface area contributed by atoms with Gasteiger partial charge in [0, 0.05) is 17.3 Å². The molecular weight excluding hydrogens is 396 g/mol. The summed E-state index contributed by atoms with van der Waals surface area (Å²) in [5, 5.41) is 15.6. The Balaban J connectivity index is 1.78. The second-order valence-corrected chi connectivity index (χ2v) is 7.35. The first-order valence-electron chi connectivity index (χ1n) is 9.42. The molecule has 2 heterocycles. The van der Waals surface area contributed by atoms with Gasteiger partial charge in [-0.3, -0.25) is 14.6 Å². The van der Waals surface area contributed by atoms with E-state index in [1.807, 2.05) is 54.2 Å². The van der Waals surface area contributed by atoms with Crippen LogP contribution in [0.1, 0.15) is 22.4 Å². The molecule has 0 radical (unpaired) electrons. The van der Waals surface area contributed by atoms with Crippen molar-refractivity contribution in [2.75, 3.05) is 0 Å². The van der Waals surface area contributed by atoms with E-state index in [1.54, 1.807) is 13.1 Å². The molecule has 0 amide bonds. The highest BCUT2D eigenvalue weighted by molar-refractivity contribution is 7.71. The molecule has 0 bridgehead atoms. The SMILES string of the molecule is Cc1cccc(-c2nn(Cc3ccccc3)cc2/C=N\n2c(=S)[nH]nc(C)c2=O)c1. The fraction of sp³-hybridized carbons (Fsp3) is 0.136. The lowest BCUT2D eigenvalue weighted by atomic mass is 10.1. The van der Waals surface area contributed by atoms with E-state index in [9.17, 15) is 4.79 Å². The molecule has 0 saturated heterocycles.